The van der Waals surface area contributed by atoms with Crippen molar-refractivity contribution < 1.29 is 24.9 Å². The highest BCUT2D eigenvalue weighted by molar-refractivity contribution is 6.01. The molecular formula is C22H30O5. The van der Waals surface area contributed by atoms with E-state index in [-0.39, 0.29) is 34.9 Å². The molecule has 4 aliphatic rings. The van der Waals surface area contributed by atoms with E-state index in [1.54, 1.807) is 12.2 Å². The number of hydrogen-bond acceptors (Lipinski definition) is 5. The summed E-state index contributed by atoms with van der Waals surface area (Å²) >= 11 is 0. The fourth-order valence-electron chi connectivity index (χ4n) is 7.37. The molecule has 3 saturated carbocycles. The second-order valence-corrected chi connectivity index (χ2v) is 9.70. The lowest BCUT2D eigenvalue weighted by atomic mass is 9.46. The van der Waals surface area contributed by atoms with Crippen LogP contribution in [0.5, 0.6) is 0 Å². The Hall–Kier alpha value is -1.30. The van der Waals surface area contributed by atoms with E-state index in [2.05, 4.69) is 6.92 Å². The lowest BCUT2D eigenvalue weighted by Gasteiger charge is -2.59. The van der Waals surface area contributed by atoms with E-state index in [4.69, 9.17) is 0 Å². The van der Waals surface area contributed by atoms with Gasteiger partial charge in [0.2, 0.25) is 0 Å². The van der Waals surface area contributed by atoms with Crippen LogP contribution in [-0.4, -0.2) is 45.2 Å². The Labute approximate surface area is 160 Å². The number of allylic oxidation sites excluding steroid dienone is 4. The van der Waals surface area contributed by atoms with Gasteiger partial charge in [-0.1, -0.05) is 32.4 Å². The van der Waals surface area contributed by atoms with Crippen LogP contribution >= 0.6 is 0 Å². The molecule has 5 nitrogen and oxygen atoms in total. The summed E-state index contributed by atoms with van der Waals surface area (Å²) in [7, 11) is 0. The molecule has 0 aromatic rings. The van der Waals surface area contributed by atoms with Gasteiger partial charge in [0, 0.05) is 16.7 Å². The normalized spacial score (nSPS) is 51.3. The molecule has 0 aromatic heterocycles. The van der Waals surface area contributed by atoms with Crippen LogP contribution in [0.2, 0.25) is 0 Å². The van der Waals surface area contributed by atoms with Crippen molar-refractivity contribution in [3.05, 3.63) is 23.8 Å². The number of fused-ring (bicyclic) bond motifs is 5. The van der Waals surface area contributed by atoms with Crippen molar-refractivity contribution in [2.75, 3.05) is 6.61 Å². The summed E-state index contributed by atoms with van der Waals surface area (Å²) in [5, 5.41) is 32.1. The maximum Gasteiger partial charge on any atom is 0.190 e. The molecule has 0 saturated heterocycles. The van der Waals surface area contributed by atoms with E-state index in [1.165, 1.54) is 0 Å². The smallest absolute Gasteiger partial charge is 0.190 e. The highest BCUT2D eigenvalue weighted by Crippen LogP contribution is 2.68. The van der Waals surface area contributed by atoms with Gasteiger partial charge < -0.3 is 15.3 Å². The Morgan fingerprint density at radius 3 is 2.70 bits per heavy atom. The average molecular weight is 374 g/mol. The quantitative estimate of drug-likeness (QED) is 0.685. The molecule has 148 valence electrons. The van der Waals surface area contributed by atoms with Crippen LogP contribution in [0.3, 0.4) is 0 Å². The van der Waals surface area contributed by atoms with Crippen LogP contribution in [-0.2, 0) is 9.59 Å². The molecule has 0 bridgehead atoms. The predicted molar refractivity (Wildman–Crippen MR) is 99.6 cm³/mol. The molecule has 27 heavy (non-hydrogen) atoms. The molecule has 4 aliphatic carbocycles. The minimum absolute atomic E-state index is 0.00784. The maximum absolute atomic E-state index is 12.6. The molecule has 0 aliphatic heterocycles. The van der Waals surface area contributed by atoms with E-state index < -0.39 is 29.5 Å². The van der Waals surface area contributed by atoms with Gasteiger partial charge in [-0.05, 0) is 55.6 Å². The molecule has 0 aromatic carbocycles. The summed E-state index contributed by atoms with van der Waals surface area (Å²) in [6, 6.07) is 0. The third-order valence-corrected chi connectivity index (χ3v) is 8.65. The number of carbonyl (C=O) groups excluding carboxylic acids is 2. The highest BCUT2D eigenvalue weighted by Gasteiger charge is 2.70. The van der Waals surface area contributed by atoms with E-state index in [1.807, 2.05) is 19.9 Å². The van der Waals surface area contributed by atoms with Crippen molar-refractivity contribution in [1.82, 2.24) is 0 Å². The van der Waals surface area contributed by atoms with Crippen LogP contribution in [0.4, 0.5) is 0 Å². The van der Waals surface area contributed by atoms with Crippen molar-refractivity contribution in [2.24, 2.45) is 34.5 Å². The van der Waals surface area contributed by atoms with E-state index in [0.717, 1.165) is 18.4 Å². The van der Waals surface area contributed by atoms with Gasteiger partial charge in [0.15, 0.2) is 11.6 Å². The number of ketones is 2. The predicted octanol–water partition coefficient (Wildman–Crippen LogP) is 1.80. The summed E-state index contributed by atoms with van der Waals surface area (Å²) in [6.45, 7) is 5.23. The summed E-state index contributed by atoms with van der Waals surface area (Å²) in [4.78, 5) is 24.4. The van der Waals surface area contributed by atoms with Gasteiger partial charge in [-0.2, -0.15) is 0 Å². The van der Waals surface area contributed by atoms with E-state index in [9.17, 15) is 24.9 Å². The number of aliphatic hydroxyl groups is 3. The Morgan fingerprint density at radius 1 is 1.33 bits per heavy atom. The summed E-state index contributed by atoms with van der Waals surface area (Å²) in [6.07, 6.45) is 7.30. The number of rotatable bonds is 2. The van der Waals surface area contributed by atoms with Gasteiger partial charge >= 0.3 is 0 Å². The van der Waals surface area contributed by atoms with Gasteiger partial charge in [0.05, 0.1) is 6.10 Å². The highest BCUT2D eigenvalue weighted by atomic mass is 16.3. The molecule has 3 fully saturated rings. The zero-order valence-corrected chi connectivity index (χ0v) is 16.3. The van der Waals surface area contributed by atoms with Crippen molar-refractivity contribution in [2.45, 2.75) is 58.2 Å². The number of hydrogen-bond donors (Lipinski definition) is 3. The SMILES string of the molecule is C[C@@H]1C[C@H]2[C@@H]3CCC4=CC(=O)C=C[C@]4(C)[C@@H]3[C@H](O)C[C@]2(C)[C@]1(O)C(=O)CO. The monoisotopic (exact) mass is 374 g/mol. The van der Waals surface area contributed by atoms with Gasteiger partial charge in [-0.15, -0.1) is 0 Å². The second kappa shape index (κ2) is 5.85. The Balaban J connectivity index is 1.78. The third-order valence-electron chi connectivity index (χ3n) is 8.65. The summed E-state index contributed by atoms with van der Waals surface area (Å²) in [5.41, 5.74) is -1.62. The molecule has 0 unspecified atom stereocenters. The number of Topliss-reactive ketones (excluding diaryl/α,β-unsaturated/α-hetero) is 1. The van der Waals surface area contributed by atoms with Gasteiger partial charge in [-0.3, -0.25) is 9.59 Å². The van der Waals surface area contributed by atoms with Gasteiger partial charge in [0.1, 0.15) is 12.2 Å². The first-order valence-corrected chi connectivity index (χ1v) is 10.1. The molecule has 4 rings (SSSR count). The average Bonchev–Trinajstić information content (AvgIpc) is 2.82. The number of aliphatic hydroxyl groups excluding tert-OH is 2. The van der Waals surface area contributed by atoms with Crippen LogP contribution in [0.1, 0.15) is 46.5 Å². The Kier molecular flexibility index (Phi) is 4.12. The van der Waals surface area contributed by atoms with Gasteiger partial charge in [0.25, 0.3) is 0 Å². The van der Waals surface area contributed by atoms with Crippen molar-refractivity contribution in [3.63, 3.8) is 0 Å². The summed E-state index contributed by atoms with van der Waals surface area (Å²) < 4.78 is 0. The fraction of sp³-hybridized carbons (Fsp3) is 0.727. The molecule has 0 spiro atoms. The molecule has 0 radical (unpaired) electrons. The molecule has 8 atom stereocenters. The zero-order chi connectivity index (χ0) is 19.8. The minimum Gasteiger partial charge on any atom is -0.393 e. The topological polar surface area (TPSA) is 94.8 Å². The first-order valence-electron chi connectivity index (χ1n) is 10.1. The molecule has 3 N–H and O–H groups in total. The third kappa shape index (κ3) is 2.22. The van der Waals surface area contributed by atoms with Crippen LogP contribution in [0.15, 0.2) is 23.8 Å². The zero-order valence-electron chi connectivity index (χ0n) is 16.3. The standard InChI is InChI=1S/C22H30O5/c1-12-8-16-15-5-4-13-9-14(24)6-7-20(13,2)19(15)17(25)10-21(16,3)22(12,27)18(26)11-23/h6-7,9,12,15-17,19,23,25,27H,4-5,8,10-11H2,1-3H3/t12-,15+,16+,17-,19+,20+,21+,22-/m1/s1. The Morgan fingerprint density at radius 2 is 2.04 bits per heavy atom. The molecule has 5 heteroatoms. The van der Waals surface area contributed by atoms with Crippen LogP contribution in [0.25, 0.3) is 0 Å². The second-order valence-electron chi connectivity index (χ2n) is 9.70. The van der Waals surface area contributed by atoms with E-state index in [0.29, 0.717) is 12.8 Å². The minimum atomic E-state index is -1.60. The first-order chi connectivity index (χ1) is 12.6. The van der Waals surface area contributed by atoms with Crippen molar-refractivity contribution in [3.8, 4) is 0 Å². The fourth-order valence-corrected chi connectivity index (χ4v) is 7.37. The molecule has 0 heterocycles. The van der Waals surface area contributed by atoms with Crippen LogP contribution < -0.4 is 0 Å². The lowest BCUT2D eigenvalue weighted by molar-refractivity contribution is -0.183. The van der Waals surface area contributed by atoms with Crippen molar-refractivity contribution >= 4 is 11.6 Å². The van der Waals surface area contributed by atoms with Gasteiger partial charge in [-0.25, -0.2) is 0 Å². The largest absolute Gasteiger partial charge is 0.393 e. The number of carbonyl (C=O) groups is 2. The molecular weight excluding hydrogens is 344 g/mol. The molecule has 0 amide bonds. The first kappa shape index (κ1) is 19.0. The Bertz CT molecular complexity index is 754. The summed E-state index contributed by atoms with van der Waals surface area (Å²) in [5.74, 6) is -0.539. The van der Waals surface area contributed by atoms with Crippen molar-refractivity contribution in [1.29, 1.82) is 0 Å². The van der Waals surface area contributed by atoms with E-state index >= 15 is 0 Å². The maximum atomic E-state index is 12.6. The lowest BCUT2D eigenvalue weighted by Crippen LogP contribution is -2.62. The van der Waals surface area contributed by atoms with Crippen LogP contribution in [0, 0.1) is 34.5 Å².